The molecule has 4 heterocycles. The van der Waals surface area contributed by atoms with Crippen molar-refractivity contribution in [1.29, 1.82) is 4.78 Å². The second-order valence-electron chi connectivity index (χ2n) is 9.37. The highest BCUT2D eigenvalue weighted by Gasteiger charge is 2.53. The van der Waals surface area contributed by atoms with E-state index in [9.17, 15) is 9.00 Å². The maximum absolute atomic E-state index is 13.0. The van der Waals surface area contributed by atoms with Crippen molar-refractivity contribution in [2.24, 2.45) is 0 Å². The molecule has 1 aliphatic carbocycles. The van der Waals surface area contributed by atoms with Crippen molar-refractivity contribution in [3.8, 4) is 11.3 Å². The summed E-state index contributed by atoms with van der Waals surface area (Å²) < 4.78 is 22.2. The quantitative estimate of drug-likeness (QED) is 0.366. The fraction of sp³-hybridized carbons (Fsp3) is 0.458. The lowest BCUT2D eigenvalue weighted by atomic mass is 10.1. The number of anilines is 1. The Balaban J connectivity index is 1.67. The highest BCUT2D eigenvalue weighted by molar-refractivity contribution is 7.92. The van der Waals surface area contributed by atoms with Gasteiger partial charge in [-0.1, -0.05) is 6.08 Å². The largest absolute Gasteiger partial charge is 0.357 e. The maximum Gasteiger partial charge on any atom is 0.274 e. The van der Waals surface area contributed by atoms with Crippen molar-refractivity contribution >= 4 is 26.6 Å². The van der Waals surface area contributed by atoms with Gasteiger partial charge in [-0.2, -0.15) is 0 Å². The molecule has 2 aliphatic rings. The Morgan fingerprint density at radius 3 is 2.91 bits per heavy atom. The molecule has 3 aromatic rings. The first kappa shape index (κ1) is 22.8. The number of hydrogen-bond donors (Lipinski definition) is 4. The van der Waals surface area contributed by atoms with Crippen LogP contribution in [-0.2, 0) is 21.0 Å². The summed E-state index contributed by atoms with van der Waals surface area (Å²) in [4.78, 5) is 25.7. The van der Waals surface area contributed by atoms with E-state index in [1.165, 1.54) is 6.26 Å². The topological polar surface area (TPSA) is 129 Å². The third-order valence-corrected chi connectivity index (χ3v) is 9.03. The Morgan fingerprint density at radius 1 is 1.41 bits per heavy atom. The molecular formula is C24H31N7O2S. The molecule has 0 spiro atoms. The predicted octanol–water partition coefficient (Wildman–Crippen LogP) is 3.19. The number of allylic oxidation sites excluding steroid dienone is 1. The molecule has 1 saturated heterocycles. The normalized spacial score (nSPS) is 21.1. The van der Waals surface area contributed by atoms with Gasteiger partial charge < -0.3 is 20.2 Å². The molecule has 10 heteroatoms. The summed E-state index contributed by atoms with van der Waals surface area (Å²) >= 11 is 0. The summed E-state index contributed by atoms with van der Waals surface area (Å²) in [6, 6.07) is 3.94. The van der Waals surface area contributed by atoms with Gasteiger partial charge >= 0.3 is 0 Å². The van der Waals surface area contributed by atoms with Gasteiger partial charge in [0.25, 0.3) is 5.56 Å². The first-order chi connectivity index (χ1) is 16.3. The Hall–Kier alpha value is -2.98. The molecule has 0 radical (unpaired) electrons. The summed E-state index contributed by atoms with van der Waals surface area (Å²) in [7, 11) is -2.85. The van der Waals surface area contributed by atoms with Crippen LogP contribution >= 0.6 is 0 Å². The average molecular weight is 482 g/mol. The zero-order chi connectivity index (χ0) is 23.9. The number of fused-ring (bicyclic) bond motifs is 1. The summed E-state index contributed by atoms with van der Waals surface area (Å²) in [5, 5.41) is 7.63. The van der Waals surface area contributed by atoms with Gasteiger partial charge in [-0.15, -0.1) is 6.58 Å². The summed E-state index contributed by atoms with van der Waals surface area (Å²) in [6.07, 6.45) is 11.0. The molecule has 9 nitrogen and oxygen atoms in total. The number of nitrogens with one attached hydrogen (secondary N) is 4. The second kappa shape index (κ2) is 8.66. The number of piperidine rings is 1. The molecule has 34 heavy (non-hydrogen) atoms. The molecule has 1 aliphatic heterocycles. The van der Waals surface area contributed by atoms with Gasteiger partial charge in [0.05, 0.1) is 25.9 Å². The summed E-state index contributed by atoms with van der Waals surface area (Å²) in [5.41, 5.74) is 2.53. The minimum Gasteiger partial charge on any atom is -0.357 e. The lowest BCUT2D eigenvalue weighted by Gasteiger charge is -2.25. The number of aryl methyl sites for hydroxylation is 1. The van der Waals surface area contributed by atoms with Crippen LogP contribution in [0.25, 0.3) is 22.2 Å². The highest BCUT2D eigenvalue weighted by Crippen LogP contribution is 2.52. The third-order valence-electron chi connectivity index (χ3n) is 6.92. The molecule has 5 rings (SSSR count). The predicted molar refractivity (Wildman–Crippen MR) is 136 cm³/mol. The van der Waals surface area contributed by atoms with Gasteiger partial charge in [0, 0.05) is 48.7 Å². The average Bonchev–Trinajstić information content (AvgIpc) is 3.51. The molecule has 1 unspecified atom stereocenters. The Bertz CT molecular complexity index is 1400. The molecule has 1 saturated carbocycles. The number of aromatic amines is 1. The number of aromatic nitrogens is 4. The first-order valence-electron chi connectivity index (χ1n) is 11.7. The molecule has 180 valence electrons. The molecule has 2 atom stereocenters. The van der Waals surface area contributed by atoms with E-state index in [4.69, 9.17) is 14.7 Å². The Kier molecular flexibility index (Phi) is 5.81. The van der Waals surface area contributed by atoms with Crippen LogP contribution < -0.4 is 16.2 Å². The van der Waals surface area contributed by atoms with Crippen molar-refractivity contribution in [2.75, 3.05) is 24.7 Å². The smallest absolute Gasteiger partial charge is 0.274 e. The van der Waals surface area contributed by atoms with Crippen LogP contribution in [0.5, 0.6) is 0 Å². The molecule has 3 aromatic heterocycles. The van der Waals surface area contributed by atoms with Crippen LogP contribution in [0.1, 0.15) is 37.8 Å². The number of rotatable bonds is 8. The third kappa shape index (κ3) is 4.05. The van der Waals surface area contributed by atoms with Crippen LogP contribution in [0.3, 0.4) is 0 Å². The van der Waals surface area contributed by atoms with Crippen LogP contribution in [0.4, 0.5) is 5.95 Å². The van der Waals surface area contributed by atoms with Gasteiger partial charge in [0.1, 0.15) is 5.52 Å². The van der Waals surface area contributed by atoms with Crippen LogP contribution in [0, 0.1) is 4.78 Å². The van der Waals surface area contributed by atoms with Crippen molar-refractivity contribution < 1.29 is 4.21 Å². The van der Waals surface area contributed by atoms with E-state index in [1.54, 1.807) is 16.8 Å². The lowest BCUT2D eigenvalue weighted by Crippen LogP contribution is -2.39. The summed E-state index contributed by atoms with van der Waals surface area (Å²) in [6.45, 7) is 6.11. The minimum atomic E-state index is -2.85. The number of hydrogen-bond acceptors (Lipinski definition) is 7. The number of H-pyrrole nitrogens is 1. The van der Waals surface area contributed by atoms with Gasteiger partial charge in [-0.3, -0.25) is 9.57 Å². The van der Waals surface area contributed by atoms with Crippen molar-refractivity contribution in [3.63, 3.8) is 0 Å². The van der Waals surface area contributed by atoms with E-state index in [0.717, 1.165) is 36.9 Å². The van der Waals surface area contributed by atoms with E-state index in [0.29, 0.717) is 48.7 Å². The summed E-state index contributed by atoms with van der Waals surface area (Å²) in [5.74, 6) is 0.476. The van der Waals surface area contributed by atoms with E-state index >= 15 is 0 Å². The number of pyridine rings is 1. The molecule has 0 bridgehead atoms. The van der Waals surface area contributed by atoms with Crippen LogP contribution in [-0.4, -0.2) is 49.1 Å². The number of nitrogens with zero attached hydrogens (tertiary/aromatic N) is 3. The van der Waals surface area contributed by atoms with Crippen molar-refractivity contribution in [3.05, 3.63) is 53.2 Å². The van der Waals surface area contributed by atoms with Crippen LogP contribution in [0.15, 0.2) is 42.0 Å². The monoisotopic (exact) mass is 481 g/mol. The fourth-order valence-corrected chi connectivity index (χ4v) is 6.18. The van der Waals surface area contributed by atoms with Gasteiger partial charge in [-0.25, -0.2) is 14.2 Å². The Morgan fingerprint density at radius 2 is 2.24 bits per heavy atom. The second-order valence-corrected chi connectivity index (χ2v) is 11.8. The molecule has 0 amide bonds. The maximum atomic E-state index is 13.0. The fourth-order valence-electron chi connectivity index (χ4n) is 4.80. The molecule has 0 aromatic carbocycles. The van der Waals surface area contributed by atoms with E-state index in [-0.39, 0.29) is 11.6 Å². The van der Waals surface area contributed by atoms with Crippen molar-refractivity contribution in [1.82, 2.24) is 24.8 Å². The Labute approximate surface area is 199 Å². The van der Waals surface area contributed by atoms with E-state index in [1.807, 2.05) is 18.3 Å². The van der Waals surface area contributed by atoms with Gasteiger partial charge in [-0.05, 0) is 50.8 Å². The first-order valence-corrected chi connectivity index (χ1v) is 13.7. The SMILES string of the molecule is C=CCCn1cc(-c2cc(C3([S@](C)(=N)=O)CC3)nc(NC3CCCNC3)n2)c2cc[nH]c2c1=O. The van der Waals surface area contributed by atoms with Gasteiger partial charge in [0.2, 0.25) is 5.95 Å². The minimum absolute atomic E-state index is 0.0899. The van der Waals surface area contributed by atoms with Gasteiger partial charge in [0.15, 0.2) is 0 Å². The molecule has 4 N–H and O–H groups in total. The molecule has 2 fully saturated rings. The standard InChI is InChI=1S/C24H31N7O2S/c1-3-4-12-31-15-18(17-7-11-27-21(17)22(31)32)19-13-20(24(8-9-24)34(2,25)33)30-23(29-19)28-16-6-5-10-26-14-16/h3,7,11,13,15-16,25-27H,1,4-6,8-10,12,14H2,2H3,(H,28,29,30)/t16?,34-/m1/s1. The highest BCUT2D eigenvalue weighted by atomic mass is 32.2. The lowest BCUT2D eigenvalue weighted by molar-refractivity contribution is 0.478. The van der Waals surface area contributed by atoms with Crippen molar-refractivity contribution in [2.45, 2.75) is 49.4 Å². The zero-order valence-electron chi connectivity index (χ0n) is 19.4. The zero-order valence-corrected chi connectivity index (χ0v) is 20.2. The molecular weight excluding hydrogens is 450 g/mol. The van der Waals surface area contributed by atoms with E-state index < -0.39 is 14.5 Å². The van der Waals surface area contributed by atoms with Crippen LogP contribution in [0.2, 0.25) is 0 Å². The van der Waals surface area contributed by atoms with E-state index in [2.05, 4.69) is 22.2 Å².